The standard InChI is InChI=1S/C22H17F3N6O4S/c1-11-14(31(34)35)10-30(29-11)8-7-16(32)28-18-17-13(12-5-3-2-4-6-12)9-15(22(23,24)25)27-21(17)36-19(18)20(26)33/h2-6,9-10H,7-8H2,1H3,(H2,26,33)(H,28,32). The lowest BCUT2D eigenvalue weighted by Crippen LogP contribution is -2.18. The molecule has 14 heteroatoms. The summed E-state index contributed by atoms with van der Waals surface area (Å²) in [6.07, 6.45) is -3.75. The number of aromatic nitrogens is 3. The van der Waals surface area contributed by atoms with E-state index in [1.165, 1.54) is 17.8 Å². The van der Waals surface area contributed by atoms with Gasteiger partial charge in [0.1, 0.15) is 27.3 Å². The topological polar surface area (TPSA) is 146 Å². The maximum atomic E-state index is 13.6. The van der Waals surface area contributed by atoms with Crippen LogP contribution in [0.1, 0.15) is 27.5 Å². The lowest BCUT2D eigenvalue weighted by molar-refractivity contribution is -0.385. The van der Waals surface area contributed by atoms with E-state index in [4.69, 9.17) is 5.73 Å². The van der Waals surface area contributed by atoms with Crippen LogP contribution in [0, 0.1) is 17.0 Å². The molecule has 0 aliphatic heterocycles. The molecule has 3 heterocycles. The first-order valence-corrected chi connectivity index (χ1v) is 11.2. The summed E-state index contributed by atoms with van der Waals surface area (Å²) in [4.78, 5) is 38.7. The highest BCUT2D eigenvalue weighted by molar-refractivity contribution is 7.21. The lowest BCUT2D eigenvalue weighted by Gasteiger charge is -2.12. The summed E-state index contributed by atoms with van der Waals surface area (Å²) in [5, 5.41) is 17.7. The van der Waals surface area contributed by atoms with Crippen molar-refractivity contribution in [3.8, 4) is 11.1 Å². The number of primary amides is 1. The van der Waals surface area contributed by atoms with E-state index in [1.54, 1.807) is 30.3 Å². The fraction of sp³-hybridized carbons (Fsp3) is 0.182. The zero-order valence-electron chi connectivity index (χ0n) is 18.5. The SMILES string of the molecule is Cc1nn(CCC(=O)Nc2c(C(N)=O)sc3nc(C(F)(F)F)cc(-c4ccccc4)c23)cc1[N+](=O)[O-]. The van der Waals surface area contributed by atoms with Gasteiger partial charge >= 0.3 is 11.9 Å². The summed E-state index contributed by atoms with van der Waals surface area (Å²) in [6.45, 7) is 1.44. The smallest absolute Gasteiger partial charge is 0.365 e. The molecule has 4 rings (SSSR count). The number of thiophene rings is 1. The average Bonchev–Trinajstić information content (AvgIpc) is 3.37. The van der Waals surface area contributed by atoms with Crippen LogP contribution in [0.5, 0.6) is 0 Å². The van der Waals surface area contributed by atoms with Crippen LogP contribution >= 0.6 is 11.3 Å². The zero-order valence-corrected chi connectivity index (χ0v) is 19.3. The maximum Gasteiger partial charge on any atom is 0.433 e. The van der Waals surface area contributed by atoms with Crippen LogP contribution in [0.4, 0.5) is 24.5 Å². The number of carbonyl (C=O) groups excluding carboxylic acids is 2. The van der Waals surface area contributed by atoms with Gasteiger partial charge in [0.05, 0.1) is 10.6 Å². The predicted molar refractivity (Wildman–Crippen MR) is 125 cm³/mol. The molecule has 0 saturated heterocycles. The minimum Gasteiger partial charge on any atom is -0.365 e. The van der Waals surface area contributed by atoms with Gasteiger partial charge in [-0.3, -0.25) is 24.4 Å². The Hall–Kier alpha value is -4.33. The van der Waals surface area contributed by atoms with E-state index in [1.807, 2.05) is 0 Å². The number of nitro groups is 1. The van der Waals surface area contributed by atoms with Gasteiger partial charge in [-0.1, -0.05) is 30.3 Å². The number of nitrogens with zero attached hydrogens (tertiary/aromatic N) is 4. The normalized spacial score (nSPS) is 11.6. The Labute approximate surface area is 204 Å². The number of anilines is 1. The molecule has 4 aromatic rings. The summed E-state index contributed by atoms with van der Waals surface area (Å²) < 4.78 is 41.9. The molecule has 0 saturated carbocycles. The Morgan fingerprint density at radius 3 is 2.53 bits per heavy atom. The van der Waals surface area contributed by atoms with E-state index in [2.05, 4.69) is 15.4 Å². The summed E-state index contributed by atoms with van der Waals surface area (Å²) in [5.74, 6) is -1.55. The van der Waals surface area contributed by atoms with Gasteiger partial charge < -0.3 is 11.1 Å². The average molecular weight is 518 g/mol. The van der Waals surface area contributed by atoms with Crippen molar-refractivity contribution in [3.63, 3.8) is 0 Å². The number of hydrogen-bond acceptors (Lipinski definition) is 7. The number of fused-ring (bicyclic) bond motifs is 1. The van der Waals surface area contributed by atoms with Crippen LogP contribution in [0.25, 0.3) is 21.3 Å². The number of amides is 2. The van der Waals surface area contributed by atoms with E-state index in [0.29, 0.717) is 16.9 Å². The third-order valence-electron chi connectivity index (χ3n) is 5.21. The molecule has 0 unspecified atom stereocenters. The van der Waals surface area contributed by atoms with Crippen molar-refractivity contribution in [3.05, 3.63) is 69.0 Å². The molecule has 3 aromatic heterocycles. The van der Waals surface area contributed by atoms with E-state index in [-0.39, 0.29) is 50.7 Å². The second kappa shape index (κ2) is 9.37. The molecular formula is C22H17F3N6O4S. The molecule has 10 nitrogen and oxygen atoms in total. The van der Waals surface area contributed by atoms with Gasteiger partial charge in [0, 0.05) is 18.4 Å². The third kappa shape index (κ3) is 4.88. The number of pyridine rings is 1. The molecule has 0 bridgehead atoms. The first-order chi connectivity index (χ1) is 17.0. The fourth-order valence-electron chi connectivity index (χ4n) is 3.60. The van der Waals surface area contributed by atoms with E-state index < -0.39 is 28.6 Å². The molecule has 0 spiro atoms. The van der Waals surface area contributed by atoms with E-state index >= 15 is 0 Å². The van der Waals surface area contributed by atoms with Gasteiger partial charge in [0.2, 0.25) is 5.91 Å². The Kier molecular flexibility index (Phi) is 6.45. The molecule has 36 heavy (non-hydrogen) atoms. The van der Waals surface area contributed by atoms with Gasteiger partial charge in [-0.05, 0) is 24.1 Å². The first kappa shape index (κ1) is 24.8. The van der Waals surface area contributed by atoms with Crippen molar-refractivity contribution < 1.29 is 27.7 Å². The number of benzene rings is 1. The van der Waals surface area contributed by atoms with Gasteiger partial charge in [-0.25, -0.2) is 4.98 Å². The van der Waals surface area contributed by atoms with Gasteiger partial charge in [0.25, 0.3) is 5.91 Å². The highest BCUT2D eigenvalue weighted by Crippen LogP contribution is 2.43. The fourth-order valence-corrected chi connectivity index (χ4v) is 4.61. The quantitative estimate of drug-likeness (QED) is 0.272. The Balaban J connectivity index is 1.75. The summed E-state index contributed by atoms with van der Waals surface area (Å²) in [7, 11) is 0. The third-order valence-corrected chi connectivity index (χ3v) is 6.31. The zero-order chi connectivity index (χ0) is 26.2. The molecule has 3 N–H and O–H groups in total. The predicted octanol–water partition coefficient (Wildman–Crippen LogP) is 4.52. The number of hydrogen-bond donors (Lipinski definition) is 2. The van der Waals surface area contributed by atoms with Crippen molar-refractivity contribution >= 4 is 44.7 Å². The number of rotatable bonds is 7. The summed E-state index contributed by atoms with van der Waals surface area (Å²) >= 11 is 0.643. The first-order valence-electron chi connectivity index (χ1n) is 10.3. The van der Waals surface area contributed by atoms with Crippen molar-refractivity contribution in [1.29, 1.82) is 0 Å². The number of nitrogens with one attached hydrogen (secondary N) is 1. The molecule has 1 aromatic carbocycles. The Morgan fingerprint density at radius 2 is 1.94 bits per heavy atom. The molecule has 0 aliphatic carbocycles. The van der Waals surface area contributed by atoms with Crippen LogP contribution in [0.2, 0.25) is 0 Å². The minimum absolute atomic E-state index is 0.0174. The molecule has 2 amide bonds. The van der Waals surface area contributed by atoms with Gasteiger partial charge in [-0.2, -0.15) is 18.3 Å². The second-order valence-corrected chi connectivity index (χ2v) is 8.69. The van der Waals surface area contributed by atoms with Gasteiger partial charge in [-0.15, -0.1) is 11.3 Å². The molecule has 0 fully saturated rings. The maximum absolute atomic E-state index is 13.6. The number of alkyl halides is 3. The van der Waals surface area contributed by atoms with Gasteiger partial charge in [0.15, 0.2) is 0 Å². The minimum atomic E-state index is -4.75. The highest BCUT2D eigenvalue weighted by atomic mass is 32.1. The van der Waals surface area contributed by atoms with Crippen molar-refractivity contribution in [2.75, 3.05) is 5.32 Å². The largest absolute Gasteiger partial charge is 0.433 e. The van der Waals surface area contributed by atoms with Crippen molar-refractivity contribution in [2.45, 2.75) is 26.1 Å². The van der Waals surface area contributed by atoms with Crippen LogP contribution < -0.4 is 11.1 Å². The van der Waals surface area contributed by atoms with Crippen molar-refractivity contribution in [1.82, 2.24) is 14.8 Å². The van der Waals surface area contributed by atoms with E-state index in [0.717, 1.165) is 6.07 Å². The molecule has 0 radical (unpaired) electrons. The van der Waals surface area contributed by atoms with Crippen LogP contribution in [-0.2, 0) is 17.5 Å². The summed E-state index contributed by atoms with van der Waals surface area (Å²) in [6, 6.07) is 9.01. The highest BCUT2D eigenvalue weighted by Gasteiger charge is 2.35. The van der Waals surface area contributed by atoms with Crippen molar-refractivity contribution in [2.24, 2.45) is 5.73 Å². The van der Waals surface area contributed by atoms with Crippen LogP contribution in [-0.4, -0.2) is 31.5 Å². The molecular weight excluding hydrogens is 501 g/mol. The van der Waals surface area contributed by atoms with Crippen LogP contribution in [0.15, 0.2) is 42.6 Å². The monoisotopic (exact) mass is 518 g/mol. The second-order valence-electron chi connectivity index (χ2n) is 7.69. The molecule has 186 valence electrons. The number of halogens is 3. The van der Waals surface area contributed by atoms with E-state index in [9.17, 15) is 32.9 Å². The number of nitrogens with two attached hydrogens (primary N) is 1. The Bertz CT molecular complexity index is 1500. The summed E-state index contributed by atoms with van der Waals surface area (Å²) in [5.41, 5.74) is 4.78. The number of aryl methyl sites for hydroxylation is 2. The van der Waals surface area contributed by atoms with Crippen LogP contribution in [0.3, 0.4) is 0 Å². The molecule has 0 aliphatic rings. The Morgan fingerprint density at radius 1 is 1.25 bits per heavy atom. The molecule has 0 atom stereocenters. The number of carbonyl (C=O) groups is 2. The lowest BCUT2D eigenvalue weighted by atomic mass is 10.0.